The summed E-state index contributed by atoms with van der Waals surface area (Å²) in [6.45, 7) is 2.72. The van der Waals surface area contributed by atoms with Gasteiger partial charge < -0.3 is 9.88 Å². The molecule has 1 aromatic carbocycles. The molecule has 0 atom stereocenters. The van der Waals surface area contributed by atoms with Gasteiger partial charge in [-0.1, -0.05) is 23.7 Å². The summed E-state index contributed by atoms with van der Waals surface area (Å²) in [6.07, 6.45) is 4.94. The Balaban J connectivity index is 1.31. The van der Waals surface area contributed by atoms with E-state index < -0.39 is 10.2 Å². The highest BCUT2D eigenvalue weighted by Crippen LogP contribution is 2.30. The third-order valence-electron chi connectivity index (χ3n) is 6.07. The summed E-state index contributed by atoms with van der Waals surface area (Å²) in [5, 5.41) is 1.66. The van der Waals surface area contributed by atoms with E-state index in [0.29, 0.717) is 18.1 Å². The highest BCUT2D eigenvalue weighted by atomic mass is 35.5. The number of halogens is 1. The van der Waals surface area contributed by atoms with Crippen LogP contribution in [0.1, 0.15) is 25.7 Å². The van der Waals surface area contributed by atoms with Crippen LogP contribution < -0.4 is 9.62 Å². The second-order valence-electron chi connectivity index (χ2n) is 8.14. The van der Waals surface area contributed by atoms with E-state index in [0.717, 1.165) is 66.9 Å². The van der Waals surface area contributed by atoms with Gasteiger partial charge >= 0.3 is 0 Å². The highest BCUT2D eigenvalue weighted by molar-refractivity contribution is 7.87. The van der Waals surface area contributed by atoms with Crippen LogP contribution in [0, 0.1) is 0 Å². The van der Waals surface area contributed by atoms with Crippen molar-refractivity contribution in [2.24, 2.45) is 0 Å². The molecule has 2 aliphatic heterocycles. The van der Waals surface area contributed by atoms with Crippen molar-refractivity contribution in [1.82, 2.24) is 24.0 Å². The first kappa shape index (κ1) is 20.7. The molecule has 164 valence electrons. The molecule has 0 spiro atoms. The maximum Gasteiger partial charge on any atom is 0.279 e. The van der Waals surface area contributed by atoms with Gasteiger partial charge in [0.05, 0.1) is 5.39 Å². The standard InChI is InChI=1S/C21H25ClN6O2S/c22-16-5-3-15(4-6-16)19-13-18-20(25-19)23-14-24-21(18)27-11-7-17(8-12-27)26-31(29,30)28-9-1-2-10-28/h3-6,13-14,17,26H,1-2,7-12H2,(H,23,24,25). The maximum absolute atomic E-state index is 12.6. The summed E-state index contributed by atoms with van der Waals surface area (Å²) in [4.78, 5) is 14.5. The molecule has 2 N–H and O–H groups in total. The molecule has 2 saturated heterocycles. The number of hydrogen-bond acceptors (Lipinski definition) is 5. The van der Waals surface area contributed by atoms with Gasteiger partial charge in [-0.2, -0.15) is 17.4 Å². The summed E-state index contributed by atoms with van der Waals surface area (Å²) in [5.74, 6) is 0.877. The minimum absolute atomic E-state index is 0.0463. The predicted octanol–water partition coefficient (Wildman–Crippen LogP) is 3.18. The predicted molar refractivity (Wildman–Crippen MR) is 122 cm³/mol. The molecule has 0 saturated carbocycles. The SMILES string of the molecule is O=S(=O)(NC1CCN(c2ncnc3[nH]c(-c4ccc(Cl)cc4)cc23)CC1)N1CCCC1. The lowest BCUT2D eigenvalue weighted by atomic mass is 10.1. The Hall–Kier alpha value is -2.20. The molecule has 0 radical (unpaired) electrons. The number of anilines is 1. The molecular formula is C21H25ClN6O2S. The Labute approximate surface area is 186 Å². The van der Waals surface area contributed by atoms with Gasteiger partial charge in [0, 0.05) is 42.9 Å². The molecule has 2 fully saturated rings. The van der Waals surface area contributed by atoms with E-state index in [2.05, 4.69) is 30.6 Å². The van der Waals surface area contributed by atoms with Crippen molar-refractivity contribution in [3.05, 3.63) is 41.7 Å². The van der Waals surface area contributed by atoms with Gasteiger partial charge in [0.1, 0.15) is 17.8 Å². The number of nitrogens with one attached hydrogen (secondary N) is 2. The van der Waals surface area contributed by atoms with Crippen molar-refractivity contribution >= 4 is 38.7 Å². The number of nitrogens with zero attached hydrogens (tertiary/aromatic N) is 4. The number of benzene rings is 1. The van der Waals surface area contributed by atoms with Gasteiger partial charge in [0.2, 0.25) is 0 Å². The van der Waals surface area contributed by atoms with Gasteiger partial charge in [0.15, 0.2) is 0 Å². The van der Waals surface area contributed by atoms with Crippen LogP contribution in [-0.4, -0.2) is 59.9 Å². The molecule has 0 unspecified atom stereocenters. The summed E-state index contributed by atoms with van der Waals surface area (Å²) >= 11 is 6.01. The average molecular weight is 461 g/mol. The molecule has 2 aromatic heterocycles. The van der Waals surface area contributed by atoms with E-state index in [-0.39, 0.29) is 6.04 Å². The van der Waals surface area contributed by atoms with E-state index >= 15 is 0 Å². The third-order valence-corrected chi connectivity index (χ3v) is 8.00. The van der Waals surface area contributed by atoms with Gasteiger partial charge in [0.25, 0.3) is 10.2 Å². The van der Waals surface area contributed by atoms with Crippen molar-refractivity contribution in [3.63, 3.8) is 0 Å². The zero-order chi connectivity index (χ0) is 21.4. The summed E-state index contributed by atoms with van der Waals surface area (Å²) in [5.41, 5.74) is 2.77. The molecule has 0 amide bonds. The van der Waals surface area contributed by atoms with Gasteiger partial charge in [-0.05, 0) is 49.4 Å². The van der Waals surface area contributed by atoms with Crippen LogP contribution in [-0.2, 0) is 10.2 Å². The zero-order valence-corrected chi connectivity index (χ0v) is 18.7. The van der Waals surface area contributed by atoms with Gasteiger partial charge in [-0.15, -0.1) is 0 Å². The van der Waals surface area contributed by atoms with E-state index in [4.69, 9.17) is 11.6 Å². The lowest BCUT2D eigenvalue weighted by Crippen LogP contribution is -2.49. The number of fused-ring (bicyclic) bond motifs is 1. The normalized spacial score (nSPS) is 18.8. The van der Waals surface area contributed by atoms with Crippen molar-refractivity contribution in [3.8, 4) is 11.3 Å². The molecule has 0 aliphatic carbocycles. The van der Waals surface area contributed by atoms with Crippen molar-refractivity contribution < 1.29 is 8.42 Å². The Morgan fingerprint density at radius 3 is 2.45 bits per heavy atom. The third kappa shape index (κ3) is 4.27. The fraction of sp³-hybridized carbons (Fsp3) is 0.429. The molecule has 5 rings (SSSR count). The molecule has 10 heteroatoms. The van der Waals surface area contributed by atoms with Crippen LogP contribution in [0.25, 0.3) is 22.3 Å². The fourth-order valence-electron chi connectivity index (χ4n) is 4.39. The Morgan fingerprint density at radius 1 is 1.03 bits per heavy atom. The van der Waals surface area contributed by atoms with Crippen molar-refractivity contribution in [2.75, 3.05) is 31.1 Å². The molecule has 4 heterocycles. The molecule has 0 bridgehead atoms. The first-order valence-electron chi connectivity index (χ1n) is 10.6. The van der Waals surface area contributed by atoms with Crippen LogP contribution in [0.15, 0.2) is 36.7 Å². The first-order valence-corrected chi connectivity index (χ1v) is 12.4. The van der Waals surface area contributed by atoms with Crippen LogP contribution >= 0.6 is 11.6 Å². The molecular weight excluding hydrogens is 436 g/mol. The van der Waals surface area contributed by atoms with E-state index in [1.165, 1.54) is 0 Å². The molecule has 31 heavy (non-hydrogen) atoms. The van der Waals surface area contributed by atoms with E-state index in [1.807, 2.05) is 24.3 Å². The monoisotopic (exact) mass is 460 g/mol. The van der Waals surface area contributed by atoms with E-state index in [1.54, 1.807) is 10.6 Å². The summed E-state index contributed by atoms with van der Waals surface area (Å²) < 4.78 is 29.6. The summed E-state index contributed by atoms with van der Waals surface area (Å²) in [7, 11) is -3.38. The largest absolute Gasteiger partial charge is 0.356 e. The smallest absolute Gasteiger partial charge is 0.279 e. The first-order chi connectivity index (χ1) is 15.0. The minimum atomic E-state index is -3.38. The lowest BCUT2D eigenvalue weighted by molar-refractivity contribution is 0.421. The van der Waals surface area contributed by atoms with Crippen LogP contribution in [0.2, 0.25) is 5.02 Å². The maximum atomic E-state index is 12.6. The molecule has 3 aromatic rings. The second kappa shape index (κ2) is 8.38. The Bertz CT molecular complexity index is 1170. The number of piperidine rings is 1. The van der Waals surface area contributed by atoms with Crippen LogP contribution in [0.5, 0.6) is 0 Å². The topological polar surface area (TPSA) is 94.2 Å². The minimum Gasteiger partial charge on any atom is -0.356 e. The fourth-order valence-corrected chi connectivity index (χ4v) is 6.06. The van der Waals surface area contributed by atoms with Gasteiger partial charge in [-0.25, -0.2) is 9.97 Å². The quantitative estimate of drug-likeness (QED) is 0.609. The van der Waals surface area contributed by atoms with E-state index in [9.17, 15) is 8.42 Å². The Kier molecular flexibility index (Phi) is 5.60. The average Bonchev–Trinajstić information content (AvgIpc) is 3.45. The number of aromatic amines is 1. The van der Waals surface area contributed by atoms with Crippen LogP contribution in [0.3, 0.4) is 0 Å². The number of aromatic nitrogens is 3. The van der Waals surface area contributed by atoms with Crippen molar-refractivity contribution in [1.29, 1.82) is 0 Å². The lowest BCUT2D eigenvalue weighted by Gasteiger charge is -2.33. The van der Waals surface area contributed by atoms with Crippen molar-refractivity contribution in [2.45, 2.75) is 31.7 Å². The molecule has 2 aliphatic rings. The Morgan fingerprint density at radius 2 is 1.74 bits per heavy atom. The molecule has 8 nitrogen and oxygen atoms in total. The zero-order valence-electron chi connectivity index (χ0n) is 17.1. The second-order valence-corrected chi connectivity index (χ2v) is 10.3. The number of rotatable bonds is 5. The number of H-pyrrole nitrogens is 1. The van der Waals surface area contributed by atoms with Crippen LogP contribution in [0.4, 0.5) is 5.82 Å². The summed E-state index contributed by atoms with van der Waals surface area (Å²) in [6, 6.07) is 9.69. The highest BCUT2D eigenvalue weighted by Gasteiger charge is 2.30. The number of hydrogen-bond donors (Lipinski definition) is 2. The van der Waals surface area contributed by atoms with Gasteiger partial charge in [-0.3, -0.25) is 0 Å².